The first kappa shape index (κ1) is 11.8. The van der Waals surface area contributed by atoms with Crippen molar-refractivity contribution in [3.05, 3.63) is 27.2 Å². The van der Waals surface area contributed by atoms with Crippen molar-refractivity contribution < 1.29 is 0 Å². The summed E-state index contributed by atoms with van der Waals surface area (Å²) >= 11 is 13.3. The van der Waals surface area contributed by atoms with Crippen molar-refractivity contribution in [2.75, 3.05) is 0 Å². The SMILES string of the molecule is CC.Cc1cc2nc(Cl)cc(Cl)c2s1. The fourth-order valence-corrected chi connectivity index (χ4v) is 2.50. The lowest BCUT2D eigenvalue weighted by Crippen LogP contribution is -1.74. The predicted octanol–water partition coefficient (Wildman–Crippen LogP) is 4.94. The van der Waals surface area contributed by atoms with Gasteiger partial charge in [0.25, 0.3) is 0 Å². The molecule has 0 unspecified atom stereocenters. The number of hydrogen-bond donors (Lipinski definition) is 0. The van der Waals surface area contributed by atoms with Gasteiger partial charge in [-0.25, -0.2) is 4.98 Å². The highest BCUT2D eigenvalue weighted by Crippen LogP contribution is 2.31. The Morgan fingerprint density at radius 1 is 1.21 bits per heavy atom. The normalized spacial score (nSPS) is 9.79. The maximum Gasteiger partial charge on any atom is 0.131 e. The van der Waals surface area contributed by atoms with Gasteiger partial charge in [0.05, 0.1) is 15.2 Å². The molecule has 0 radical (unpaired) electrons. The van der Waals surface area contributed by atoms with Crippen molar-refractivity contribution in [2.24, 2.45) is 0 Å². The molecule has 0 spiro atoms. The third-order valence-electron chi connectivity index (χ3n) is 1.53. The van der Waals surface area contributed by atoms with Crippen LogP contribution in [0.2, 0.25) is 10.2 Å². The van der Waals surface area contributed by atoms with Crippen LogP contribution in [0.15, 0.2) is 12.1 Å². The molecule has 0 fully saturated rings. The van der Waals surface area contributed by atoms with Crippen LogP contribution in [0.25, 0.3) is 10.2 Å². The number of thiophene rings is 1. The van der Waals surface area contributed by atoms with Gasteiger partial charge in [-0.2, -0.15) is 0 Å². The topological polar surface area (TPSA) is 12.9 Å². The molecule has 2 aromatic heterocycles. The monoisotopic (exact) mass is 247 g/mol. The van der Waals surface area contributed by atoms with Gasteiger partial charge < -0.3 is 0 Å². The number of aromatic nitrogens is 1. The molecule has 0 amide bonds. The van der Waals surface area contributed by atoms with Crippen LogP contribution in [-0.2, 0) is 0 Å². The molecule has 0 aliphatic rings. The molecule has 0 saturated heterocycles. The summed E-state index contributed by atoms with van der Waals surface area (Å²) in [5, 5.41) is 1.13. The summed E-state index contributed by atoms with van der Waals surface area (Å²) in [6.07, 6.45) is 0. The molecule has 0 aliphatic carbocycles. The van der Waals surface area contributed by atoms with E-state index < -0.39 is 0 Å². The van der Waals surface area contributed by atoms with E-state index in [2.05, 4.69) is 4.98 Å². The molecule has 1 nitrogen and oxygen atoms in total. The Kier molecular flexibility index (Phi) is 4.17. The Labute approximate surface area is 97.7 Å². The molecule has 76 valence electrons. The number of hydrogen-bond acceptors (Lipinski definition) is 2. The van der Waals surface area contributed by atoms with E-state index in [1.165, 1.54) is 4.88 Å². The van der Waals surface area contributed by atoms with Crippen molar-refractivity contribution in [1.29, 1.82) is 0 Å². The lowest BCUT2D eigenvalue weighted by Gasteiger charge is -1.92. The van der Waals surface area contributed by atoms with Gasteiger partial charge in [-0.1, -0.05) is 37.0 Å². The predicted molar refractivity (Wildman–Crippen MR) is 65.7 cm³/mol. The zero-order valence-corrected chi connectivity index (χ0v) is 10.6. The molecule has 0 bridgehead atoms. The number of aryl methyl sites for hydroxylation is 1. The van der Waals surface area contributed by atoms with Crippen molar-refractivity contribution in [3.63, 3.8) is 0 Å². The Balaban J connectivity index is 0.000000461. The maximum absolute atomic E-state index is 5.96. The van der Waals surface area contributed by atoms with Crippen LogP contribution in [0.3, 0.4) is 0 Å². The van der Waals surface area contributed by atoms with Gasteiger partial charge >= 0.3 is 0 Å². The smallest absolute Gasteiger partial charge is 0.131 e. The van der Waals surface area contributed by atoms with E-state index in [9.17, 15) is 0 Å². The van der Waals surface area contributed by atoms with E-state index >= 15 is 0 Å². The fourth-order valence-electron chi connectivity index (χ4n) is 1.07. The van der Waals surface area contributed by atoms with Gasteiger partial charge in [-0.3, -0.25) is 0 Å². The minimum atomic E-state index is 0.449. The summed E-state index contributed by atoms with van der Waals surface area (Å²) < 4.78 is 1.01. The van der Waals surface area contributed by atoms with Crippen molar-refractivity contribution in [1.82, 2.24) is 4.98 Å². The molecular weight excluding hydrogens is 237 g/mol. The summed E-state index contributed by atoms with van der Waals surface area (Å²) in [5.74, 6) is 0. The van der Waals surface area contributed by atoms with Gasteiger partial charge in [0.15, 0.2) is 0 Å². The molecule has 0 aromatic carbocycles. The average Bonchev–Trinajstić information content (AvgIpc) is 2.49. The highest BCUT2D eigenvalue weighted by Gasteiger charge is 2.05. The minimum Gasteiger partial charge on any atom is -0.235 e. The standard InChI is InChI=1S/C8H5Cl2NS.C2H6/c1-4-2-6-8(12-4)5(9)3-7(10)11-6;1-2/h2-3H,1H3;1-2H3. The van der Waals surface area contributed by atoms with Crippen LogP contribution in [0.1, 0.15) is 18.7 Å². The number of nitrogens with zero attached hydrogens (tertiary/aromatic N) is 1. The van der Waals surface area contributed by atoms with Crippen LogP contribution < -0.4 is 0 Å². The lowest BCUT2D eigenvalue weighted by molar-refractivity contribution is 1.42. The number of pyridine rings is 1. The molecule has 2 aromatic rings. The second kappa shape index (κ2) is 4.96. The molecule has 0 saturated carbocycles. The third kappa shape index (κ3) is 2.38. The van der Waals surface area contributed by atoms with E-state index in [4.69, 9.17) is 23.2 Å². The van der Waals surface area contributed by atoms with E-state index in [-0.39, 0.29) is 0 Å². The molecule has 0 atom stereocenters. The van der Waals surface area contributed by atoms with Crippen LogP contribution in [-0.4, -0.2) is 4.98 Å². The van der Waals surface area contributed by atoms with Crippen LogP contribution in [0.4, 0.5) is 0 Å². The largest absolute Gasteiger partial charge is 0.235 e. The van der Waals surface area contributed by atoms with Crippen molar-refractivity contribution >= 4 is 44.8 Å². The van der Waals surface area contributed by atoms with E-state index in [0.29, 0.717) is 10.2 Å². The summed E-state index contributed by atoms with van der Waals surface area (Å²) in [6.45, 7) is 6.02. The zero-order valence-electron chi connectivity index (χ0n) is 8.27. The highest BCUT2D eigenvalue weighted by molar-refractivity contribution is 7.19. The Hall–Kier alpha value is -0.310. The first-order valence-corrected chi connectivity index (χ1v) is 5.96. The van der Waals surface area contributed by atoms with Gasteiger partial charge in [-0.05, 0) is 19.1 Å². The van der Waals surface area contributed by atoms with Gasteiger partial charge in [0, 0.05) is 4.88 Å². The number of halogens is 2. The van der Waals surface area contributed by atoms with E-state index in [1.807, 2.05) is 26.8 Å². The molecule has 0 N–H and O–H groups in total. The van der Waals surface area contributed by atoms with Gasteiger partial charge in [0.1, 0.15) is 5.15 Å². The van der Waals surface area contributed by atoms with Crippen LogP contribution >= 0.6 is 34.5 Å². The quantitative estimate of drug-likeness (QED) is 0.602. The molecule has 0 aliphatic heterocycles. The van der Waals surface area contributed by atoms with Crippen LogP contribution in [0, 0.1) is 6.92 Å². The summed E-state index contributed by atoms with van der Waals surface area (Å²) in [4.78, 5) is 5.34. The molecule has 2 heterocycles. The molecular formula is C10H11Cl2NS. The van der Waals surface area contributed by atoms with Crippen LogP contribution in [0.5, 0.6) is 0 Å². The van der Waals surface area contributed by atoms with Crippen molar-refractivity contribution in [3.8, 4) is 0 Å². The first-order chi connectivity index (χ1) is 6.66. The number of fused-ring (bicyclic) bond motifs is 1. The zero-order chi connectivity index (χ0) is 10.7. The van der Waals surface area contributed by atoms with Gasteiger partial charge in [-0.15, -0.1) is 11.3 Å². The summed E-state index contributed by atoms with van der Waals surface area (Å²) in [6, 6.07) is 3.65. The fraction of sp³-hybridized carbons (Fsp3) is 0.300. The maximum atomic E-state index is 5.96. The van der Waals surface area contributed by atoms with E-state index in [1.54, 1.807) is 17.4 Å². The minimum absolute atomic E-state index is 0.449. The summed E-state index contributed by atoms with van der Waals surface area (Å²) in [7, 11) is 0. The summed E-state index contributed by atoms with van der Waals surface area (Å²) in [5.41, 5.74) is 0.884. The lowest BCUT2D eigenvalue weighted by atomic mass is 10.4. The molecule has 2 rings (SSSR count). The average molecular weight is 248 g/mol. The van der Waals surface area contributed by atoms with E-state index in [0.717, 1.165) is 10.2 Å². The first-order valence-electron chi connectivity index (χ1n) is 4.39. The van der Waals surface area contributed by atoms with Crippen molar-refractivity contribution in [2.45, 2.75) is 20.8 Å². The molecule has 4 heteroatoms. The second-order valence-electron chi connectivity index (χ2n) is 2.50. The second-order valence-corrected chi connectivity index (χ2v) is 4.55. The Morgan fingerprint density at radius 3 is 2.50 bits per heavy atom. The Morgan fingerprint density at radius 2 is 1.86 bits per heavy atom. The molecule has 14 heavy (non-hydrogen) atoms. The third-order valence-corrected chi connectivity index (χ3v) is 3.20. The van der Waals surface area contributed by atoms with Gasteiger partial charge in [0.2, 0.25) is 0 Å². The highest BCUT2D eigenvalue weighted by atomic mass is 35.5. The number of rotatable bonds is 0. The Bertz CT molecular complexity index is 437.